The van der Waals surface area contributed by atoms with E-state index in [4.69, 9.17) is 9.47 Å². The summed E-state index contributed by atoms with van der Waals surface area (Å²) >= 11 is 1.21. The predicted molar refractivity (Wildman–Crippen MR) is 116 cm³/mol. The number of ether oxygens (including phenoxy) is 2. The second kappa shape index (κ2) is 9.62. The van der Waals surface area contributed by atoms with Crippen molar-refractivity contribution >= 4 is 23.2 Å². The van der Waals surface area contributed by atoms with Crippen molar-refractivity contribution in [1.29, 1.82) is 0 Å². The first-order valence-corrected chi connectivity index (χ1v) is 11.7. The fourth-order valence-corrected chi connectivity index (χ4v) is 5.22. The summed E-state index contributed by atoms with van der Waals surface area (Å²) in [7, 11) is 0. The highest BCUT2D eigenvalue weighted by Crippen LogP contribution is 2.36. The molecule has 1 aliphatic heterocycles. The molecule has 10 heteroatoms. The Morgan fingerprint density at radius 2 is 1.85 bits per heavy atom. The lowest BCUT2D eigenvalue weighted by Crippen LogP contribution is -2.49. The third kappa shape index (κ3) is 5.43. The van der Waals surface area contributed by atoms with Crippen molar-refractivity contribution in [2.24, 2.45) is 0 Å². The maximum Gasteiger partial charge on any atom is 0.471 e. The van der Waals surface area contributed by atoms with Crippen LogP contribution < -0.4 is 14.8 Å². The fraction of sp³-hybridized carbons (Fsp3) is 0.478. The van der Waals surface area contributed by atoms with Crippen molar-refractivity contribution in [3.8, 4) is 11.5 Å². The van der Waals surface area contributed by atoms with Crippen LogP contribution in [-0.2, 0) is 16.1 Å². The van der Waals surface area contributed by atoms with Crippen molar-refractivity contribution < 1.29 is 32.2 Å². The quantitative estimate of drug-likeness (QED) is 0.638. The fourth-order valence-electron chi connectivity index (χ4n) is 4.23. The van der Waals surface area contributed by atoms with Gasteiger partial charge in [0.1, 0.15) is 6.04 Å². The standard InChI is InChI=1S/C23H25F3N2O4S/c1-14-7-10-19(33-14)20(21(29)27-16-5-3-2-4-6-16)28(22(30)23(24,25)26)12-15-8-9-17-18(11-15)32-13-31-17/h7-11,16,20H,2-6,12-13H2,1H3,(H,27,29). The molecule has 1 unspecified atom stereocenters. The van der Waals surface area contributed by atoms with Gasteiger partial charge < -0.3 is 19.7 Å². The number of amides is 2. The van der Waals surface area contributed by atoms with Gasteiger partial charge in [0.2, 0.25) is 12.7 Å². The summed E-state index contributed by atoms with van der Waals surface area (Å²) in [5.74, 6) is -1.79. The highest BCUT2D eigenvalue weighted by Gasteiger charge is 2.47. The van der Waals surface area contributed by atoms with E-state index in [0.717, 1.165) is 37.0 Å². The first-order valence-electron chi connectivity index (χ1n) is 10.9. The van der Waals surface area contributed by atoms with Gasteiger partial charge in [0.15, 0.2) is 11.5 Å². The molecule has 2 heterocycles. The third-order valence-corrected chi connectivity index (χ3v) is 6.89. The Labute approximate surface area is 193 Å². The molecule has 4 rings (SSSR count). The molecular weight excluding hydrogens is 457 g/mol. The number of hydrogen-bond acceptors (Lipinski definition) is 5. The van der Waals surface area contributed by atoms with Gasteiger partial charge in [-0.3, -0.25) is 9.59 Å². The monoisotopic (exact) mass is 482 g/mol. The minimum absolute atomic E-state index is 0.0187. The Morgan fingerprint density at radius 3 is 2.52 bits per heavy atom. The molecule has 2 amide bonds. The second-order valence-corrected chi connectivity index (χ2v) is 9.63. The van der Waals surface area contributed by atoms with Crippen molar-refractivity contribution in [3.63, 3.8) is 0 Å². The van der Waals surface area contributed by atoms with Crippen LogP contribution in [0.15, 0.2) is 30.3 Å². The molecule has 0 saturated heterocycles. The van der Waals surface area contributed by atoms with Crippen LogP contribution in [0, 0.1) is 6.92 Å². The van der Waals surface area contributed by atoms with Crippen LogP contribution in [0.25, 0.3) is 0 Å². The van der Waals surface area contributed by atoms with Gasteiger partial charge in [-0.2, -0.15) is 13.2 Å². The van der Waals surface area contributed by atoms with Crippen LogP contribution >= 0.6 is 11.3 Å². The lowest BCUT2D eigenvalue weighted by molar-refractivity contribution is -0.189. The molecule has 178 valence electrons. The number of thiophene rings is 1. The van der Waals surface area contributed by atoms with Crippen molar-refractivity contribution in [3.05, 3.63) is 45.6 Å². The van der Waals surface area contributed by atoms with Crippen LogP contribution in [0.5, 0.6) is 11.5 Å². The van der Waals surface area contributed by atoms with Gasteiger partial charge in [0.05, 0.1) is 0 Å². The van der Waals surface area contributed by atoms with E-state index in [2.05, 4.69) is 5.32 Å². The summed E-state index contributed by atoms with van der Waals surface area (Å²) in [5.41, 5.74) is 0.403. The smallest absolute Gasteiger partial charge is 0.454 e. The number of hydrogen-bond donors (Lipinski definition) is 1. The first-order chi connectivity index (χ1) is 15.7. The average Bonchev–Trinajstić information content (AvgIpc) is 3.41. The normalized spacial score (nSPS) is 17.0. The lowest BCUT2D eigenvalue weighted by Gasteiger charge is -2.33. The molecule has 0 bridgehead atoms. The van der Waals surface area contributed by atoms with E-state index in [0.29, 0.717) is 26.8 Å². The molecule has 1 aromatic heterocycles. The van der Waals surface area contributed by atoms with Gasteiger partial charge in [0.25, 0.3) is 0 Å². The number of benzene rings is 1. The molecule has 1 fully saturated rings. The predicted octanol–water partition coefficient (Wildman–Crippen LogP) is 4.87. The van der Waals surface area contributed by atoms with Gasteiger partial charge in [-0.15, -0.1) is 11.3 Å². The number of carbonyl (C=O) groups is 2. The number of aryl methyl sites for hydroxylation is 1. The Morgan fingerprint density at radius 1 is 1.12 bits per heavy atom. The van der Waals surface area contributed by atoms with Crippen LogP contribution in [0.1, 0.15) is 53.5 Å². The van der Waals surface area contributed by atoms with Crippen molar-refractivity contribution in [1.82, 2.24) is 10.2 Å². The zero-order valence-corrected chi connectivity index (χ0v) is 18.9. The van der Waals surface area contributed by atoms with Gasteiger partial charge >= 0.3 is 12.1 Å². The number of rotatable bonds is 6. The van der Waals surface area contributed by atoms with Crippen LogP contribution in [-0.4, -0.2) is 35.7 Å². The minimum atomic E-state index is -5.13. The largest absolute Gasteiger partial charge is 0.471 e. The van der Waals surface area contributed by atoms with E-state index in [1.807, 2.05) is 0 Å². The van der Waals surface area contributed by atoms with Crippen LogP contribution in [0.3, 0.4) is 0 Å². The topological polar surface area (TPSA) is 67.9 Å². The molecule has 1 aliphatic carbocycles. The van der Waals surface area contributed by atoms with Crippen LogP contribution in [0.4, 0.5) is 13.2 Å². The maximum absolute atomic E-state index is 13.7. The minimum Gasteiger partial charge on any atom is -0.454 e. The summed E-state index contributed by atoms with van der Waals surface area (Å²) in [6.07, 6.45) is -0.602. The van der Waals surface area contributed by atoms with E-state index in [1.54, 1.807) is 31.2 Å². The number of nitrogens with zero attached hydrogens (tertiary/aromatic N) is 1. The van der Waals surface area contributed by atoms with E-state index in [1.165, 1.54) is 17.4 Å². The number of alkyl halides is 3. The van der Waals surface area contributed by atoms with E-state index < -0.39 is 30.6 Å². The Hall–Kier alpha value is -2.75. The molecular formula is C23H25F3N2O4S. The summed E-state index contributed by atoms with van der Waals surface area (Å²) in [6.45, 7) is 1.41. The third-order valence-electron chi connectivity index (χ3n) is 5.84. The van der Waals surface area contributed by atoms with Crippen molar-refractivity contribution in [2.75, 3.05) is 6.79 Å². The number of fused-ring (bicyclic) bond motifs is 1. The molecule has 1 N–H and O–H groups in total. The van der Waals surface area contributed by atoms with Crippen LogP contribution in [0.2, 0.25) is 0 Å². The summed E-state index contributed by atoms with van der Waals surface area (Å²) in [5, 5.41) is 2.90. The SMILES string of the molecule is Cc1ccc(C(C(=O)NC2CCCCC2)N(Cc2ccc3c(c2)OCO3)C(=O)C(F)(F)F)s1. The number of carbonyl (C=O) groups excluding carboxylic acids is 2. The van der Waals surface area contributed by atoms with E-state index in [-0.39, 0.29) is 12.8 Å². The highest BCUT2D eigenvalue weighted by atomic mass is 32.1. The lowest BCUT2D eigenvalue weighted by atomic mass is 9.95. The molecule has 2 aliphatic rings. The maximum atomic E-state index is 13.7. The molecule has 2 aromatic rings. The molecule has 0 spiro atoms. The Bertz CT molecular complexity index is 1020. The summed E-state index contributed by atoms with van der Waals surface area (Å²) < 4.78 is 51.6. The molecule has 0 radical (unpaired) electrons. The van der Waals surface area contributed by atoms with Gasteiger partial charge in [0, 0.05) is 22.3 Å². The summed E-state index contributed by atoms with van der Waals surface area (Å²) in [4.78, 5) is 27.8. The molecule has 6 nitrogen and oxygen atoms in total. The average molecular weight is 483 g/mol. The highest BCUT2D eigenvalue weighted by molar-refractivity contribution is 7.12. The summed E-state index contributed by atoms with van der Waals surface area (Å²) in [6, 6.07) is 6.53. The number of halogens is 3. The number of nitrogens with one attached hydrogen (secondary N) is 1. The second-order valence-electron chi connectivity index (χ2n) is 8.31. The van der Waals surface area contributed by atoms with Gasteiger partial charge in [-0.05, 0) is 49.6 Å². The molecule has 1 saturated carbocycles. The first kappa shape index (κ1) is 23.4. The van der Waals surface area contributed by atoms with Gasteiger partial charge in [-0.25, -0.2) is 0 Å². The molecule has 1 aromatic carbocycles. The molecule has 1 atom stereocenters. The zero-order chi connectivity index (χ0) is 23.6. The zero-order valence-electron chi connectivity index (χ0n) is 18.1. The van der Waals surface area contributed by atoms with E-state index >= 15 is 0 Å². The van der Waals surface area contributed by atoms with Crippen molar-refractivity contribution in [2.45, 2.75) is 63.8 Å². The van der Waals surface area contributed by atoms with Gasteiger partial charge in [-0.1, -0.05) is 25.3 Å². The Kier molecular flexibility index (Phi) is 6.83. The molecule has 33 heavy (non-hydrogen) atoms. The van der Waals surface area contributed by atoms with E-state index in [9.17, 15) is 22.8 Å². The Balaban J connectivity index is 1.68.